The topological polar surface area (TPSA) is 67.0 Å². The van der Waals surface area contributed by atoms with Crippen molar-refractivity contribution in [2.45, 2.75) is 12.7 Å². The molecule has 0 radical (unpaired) electrons. The highest BCUT2D eigenvalue weighted by atomic mass is 19.4. The second-order valence-corrected chi connectivity index (χ2v) is 5.76. The standard InChI is InChI=1S/C19H16F3N3O2/c1-27-15-7-5-13(6-8-15)16-10-17(26)25-18(24-16)23-11-12-3-2-4-14(9-12)19(20,21)22/h2-10H,11H2,1H3,(H2,23,24,25,26). The highest BCUT2D eigenvalue weighted by Crippen LogP contribution is 2.29. The number of alkyl halides is 3. The number of ether oxygens (including phenoxy) is 1. The van der Waals surface area contributed by atoms with Gasteiger partial charge in [0.1, 0.15) is 5.75 Å². The van der Waals surface area contributed by atoms with Crippen molar-refractivity contribution in [3.63, 3.8) is 0 Å². The summed E-state index contributed by atoms with van der Waals surface area (Å²) in [6, 6.07) is 13.3. The number of rotatable bonds is 5. The maximum atomic E-state index is 12.8. The lowest BCUT2D eigenvalue weighted by atomic mass is 10.1. The van der Waals surface area contributed by atoms with E-state index < -0.39 is 11.7 Å². The molecule has 0 atom stereocenters. The van der Waals surface area contributed by atoms with E-state index in [-0.39, 0.29) is 18.1 Å². The van der Waals surface area contributed by atoms with Gasteiger partial charge in [0.2, 0.25) is 5.95 Å². The minimum absolute atomic E-state index is 0.0823. The monoisotopic (exact) mass is 375 g/mol. The normalized spacial score (nSPS) is 11.3. The molecule has 5 nitrogen and oxygen atoms in total. The summed E-state index contributed by atoms with van der Waals surface area (Å²) in [5.41, 5.74) is 0.469. The Morgan fingerprint density at radius 3 is 2.52 bits per heavy atom. The van der Waals surface area contributed by atoms with Crippen LogP contribution in [0.1, 0.15) is 11.1 Å². The fraction of sp³-hybridized carbons (Fsp3) is 0.158. The van der Waals surface area contributed by atoms with Gasteiger partial charge < -0.3 is 10.1 Å². The fourth-order valence-corrected chi connectivity index (χ4v) is 2.49. The van der Waals surface area contributed by atoms with E-state index in [2.05, 4.69) is 15.3 Å². The van der Waals surface area contributed by atoms with Crippen molar-refractivity contribution in [3.05, 3.63) is 76.1 Å². The number of hydrogen-bond donors (Lipinski definition) is 2. The van der Waals surface area contributed by atoms with Gasteiger partial charge in [-0.25, -0.2) is 4.98 Å². The average Bonchev–Trinajstić information content (AvgIpc) is 2.65. The highest BCUT2D eigenvalue weighted by molar-refractivity contribution is 5.60. The van der Waals surface area contributed by atoms with Crippen LogP contribution in [-0.2, 0) is 12.7 Å². The lowest BCUT2D eigenvalue weighted by Gasteiger charge is -2.10. The SMILES string of the molecule is COc1ccc(-c2cc(=O)[nH]c(NCc3cccc(C(F)(F)F)c3)n2)cc1. The van der Waals surface area contributed by atoms with Crippen LogP contribution >= 0.6 is 0 Å². The zero-order chi connectivity index (χ0) is 19.4. The Kier molecular flexibility index (Phi) is 5.16. The molecule has 0 bridgehead atoms. The average molecular weight is 375 g/mol. The van der Waals surface area contributed by atoms with Gasteiger partial charge in [0.05, 0.1) is 18.4 Å². The summed E-state index contributed by atoms with van der Waals surface area (Å²) in [4.78, 5) is 18.7. The number of halogens is 3. The van der Waals surface area contributed by atoms with E-state index in [1.807, 2.05) is 0 Å². The number of methoxy groups -OCH3 is 1. The summed E-state index contributed by atoms with van der Waals surface area (Å²) in [5, 5.41) is 2.85. The number of hydrogen-bond acceptors (Lipinski definition) is 4. The van der Waals surface area contributed by atoms with E-state index in [1.54, 1.807) is 37.4 Å². The summed E-state index contributed by atoms with van der Waals surface area (Å²) >= 11 is 0. The maximum Gasteiger partial charge on any atom is 0.416 e. The Morgan fingerprint density at radius 2 is 1.85 bits per heavy atom. The Bertz CT molecular complexity index is 982. The first-order valence-electron chi connectivity index (χ1n) is 8.01. The molecule has 0 saturated carbocycles. The molecular weight excluding hydrogens is 359 g/mol. The van der Waals surface area contributed by atoms with Crippen LogP contribution in [0.4, 0.5) is 19.1 Å². The summed E-state index contributed by atoms with van der Waals surface area (Å²) < 4.78 is 43.5. The van der Waals surface area contributed by atoms with Crippen molar-refractivity contribution in [3.8, 4) is 17.0 Å². The van der Waals surface area contributed by atoms with Crippen LogP contribution in [0.25, 0.3) is 11.3 Å². The lowest BCUT2D eigenvalue weighted by molar-refractivity contribution is -0.137. The van der Waals surface area contributed by atoms with Gasteiger partial charge >= 0.3 is 6.18 Å². The number of nitrogens with zero attached hydrogens (tertiary/aromatic N) is 1. The van der Waals surface area contributed by atoms with Gasteiger partial charge in [-0.05, 0) is 42.0 Å². The molecule has 1 aromatic heterocycles. The summed E-state index contributed by atoms with van der Waals surface area (Å²) in [5.74, 6) is 0.845. The third kappa shape index (κ3) is 4.66. The van der Waals surface area contributed by atoms with E-state index >= 15 is 0 Å². The predicted octanol–water partition coefficient (Wildman–Crippen LogP) is 4.08. The third-order valence-corrected chi connectivity index (χ3v) is 3.84. The van der Waals surface area contributed by atoms with E-state index in [9.17, 15) is 18.0 Å². The molecule has 0 amide bonds. The molecule has 0 aliphatic heterocycles. The van der Waals surface area contributed by atoms with Crippen LogP contribution in [-0.4, -0.2) is 17.1 Å². The quantitative estimate of drug-likeness (QED) is 0.705. The van der Waals surface area contributed by atoms with Crippen LogP contribution in [0.15, 0.2) is 59.4 Å². The molecule has 3 aromatic rings. The number of nitrogens with one attached hydrogen (secondary N) is 2. The molecule has 1 heterocycles. The summed E-state index contributed by atoms with van der Waals surface area (Å²) in [7, 11) is 1.55. The van der Waals surface area contributed by atoms with Crippen LogP contribution < -0.4 is 15.6 Å². The van der Waals surface area contributed by atoms with Gasteiger partial charge in [-0.15, -0.1) is 0 Å². The smallest absolute Gasteiger partial charge is 0.416 e. The van der Waals surface area contributed by atoms with E-state index in [4.69, 9.17) is 4.74 Å². The molecular formula is C19H16F3N3O2. The van der Waals surface area contributed by atoms with Crippen molar-refractivity contribution in [2.24, 2.45) is 0 Å². The lowest BCUT2D eigenvalue weighted by Crippen LogP contribution is -2.13. The van der Waals surface area contributed by atoms with Crippen LogP contribution in [0.5, 0.6) is 5.75 Å². The van der Waals surface area contributed by atoms with Gasteiger partial charge in [-0.1, -0.05) is 12.1 Å². The number of benzene rings is 2. The Hall–Kier alpha value is -3.29. The highest BCUT2D eigenvalue weighted by Gasteiger charge is 2.30. The minimum atomic E-state index is -4.41. The number of aromatic amines is 1. The third-order valence-electron chi connectivity index (χ3n) is 3.84. The molecule has 0 unspecified atom stereocenters. The predicted molar refractivity (Wildman–Crippen MR) is 95.6 cm³/mol. The Morgan fingerprint density at radius 1 is 1.11 bits per heavy atom. The van der Waals surface area contributed by atoms with Crippen LogP contribution in [0.2, 0.25) is 0 Å². The van der Waals surface area contributed by atoms with Crippen molar-refractivity contribution in [1.82, 2.24) is 9.97 Å². The van der Waals surface area contributed by atoms with Crippen LogP contribution in [0.3, 0.4) is 0 Å². The zero-order valence-electron chi connectivity index (χ0n) is 14.3. The molecule has 0 fully saturated rings. The Labute approximate surface area is 152 Å². The van der Waals surface area contributed by atoms with Crippen molar-refractivity contribution in [1.29, 1.82) is 0 Å². The number of H-pyrrole nitrogens is 1. The Balaban J connectivity index is 1.80. The first-order valence-corrected chi connectivity index (χ1v) is 8.01. The molecule has 0 saturated heterocycles. The second-order valence-electron chi connectivity index (χ2n) is 5.76. The largest absolute Gasteiger partial charge is 0.497 e. The van der Waals surface area contributed by atoms with Crippen LogP contribution in [0, 0.1) is 0 Å². The number of aromatic nitrogens is 2. The van der Waals surface area contributed by atoms with E-state index in [0.717, 1.165) is 12.1 Å². The first kappa shape index (κ1) is 18.5. The fourth-order valence-electron chi connectivity index (χ4n) is 2.49. The molecule has 0 spiro atoms. The van der Waals surface area contributed by atoms with Crippen molar-refractivity contribution in [2.75, 3.05) is 12.4 Å². The van der Waals surface area contributed by atoms with Crippen molar-refractivity contribution < 1.29 is 17.9 Å². The summed E-state index contributed by atoms with van der Waals surface area (Å²) in [6.45, 7) is 0.0823. The van der Waals surface area contributed by atoms with Gasteiger partial charge in [-0.3, -0.25) is 9.78 Å². The van der Waals surface area contributed by atoms with Gasteiger partial charge in [0, 0.05) is 18.2 Å². The molecule has 140 valence electrons. The van der Waals surface area contributed by atoms with Crippen molar-refractivity contribution >= 4 is 5.95 Å². The molecule has 0 aliphatic rings. The molecule has 3 rings (SSSR count). The van der Waals surface area contributed by atoms with Gasteiger partial charge in [0.15, 0.2) is 0 Å². The van der Waals surface area contributed by atoms with Gasteiger partial charge in [0.25, 0.3) is 5.56 Å². The zero-order valence-corrected chi connectivity index (χ0v) is 14.3. The molecule has 2 aromatic carbocycles. The second kappa shape index (κ2) is 7.53. The minimum Gasteiger partial charge on any atom is -0.497 e. The number of anilines is 1. The first-order chi connectivity index (χ1) is 12.8. The van der Waals surface area contributed by atoms with E-state index in [0.29, 0.717) is 22.6 Å². The molecule has 0 aliphatic carbocycles. The van der Waals surface area contributed by atoms with Gasteiger partial charge in [-0.2, -0.15) is 13.2 Å². The maximum absolute atomic E-state index is 12.8. The molecule has 2 N–H and O–H groups in total. The molecule has 8 heteroatoms. The molecule has 27 heavy (non-hydrogen) atoms. The van der Waals surface area contributed by atoms with E-state index in [1.165, 1.54) is 12.1 Å². The summed E-state index contributed by atoms with van der Waals surface area (Å²) in [6.07, 6.45) is -4.41.